The zero-order valence-electron chi connectivity index (χ0n) is 8.36. The van der Waals surface area contributed by atoms with Crippen LogP contribution in [-0.4, -0.2) is 16.8 Å². The normalized spacial score (nSPS) is 9.60. The minimum Gasteiger partial charge on any atom is -0.481 e. The summed E-state index contributed by atoms with van der Waals surface area (Å²) in [7, 11) is 0. The summed E-state index contributed by atoms with van der Waals surface area (Å²) in [5.74, 6) is 0.0269. The first-order chi connectivity index (χ1) is 7.15. The maximum Gasteiger partial charge on any atom is 0.307 e. The number of carboxylic acids is 1. The lowest BCUT2D eigenvalue weighted by atomic mass is 10.1. The number of nitriles is 1. The summed E-state index contributed by atoms with van der Waals surface area (Å²) in [5.41, 5.74) is 1.20. The van der Waals surface area contributed by atoms with Gasteiger partial charge in [0.2, 0.25) is 0 Å². The molecule has 0 saturated carbocycles. The molecule has 0 radical (unpaired) electrons. The summed E-state index contributed by atoms with van der Waals surface area (Å²) in [6.07, 6.45) is -0.0349. The number of thioether (sulfide) groups is 1. The Morgan fingerprint density at radius 3 is 2.80 bits per heavy atom. The molecule has 0 aliphatic heterocycles. The molecule has 0 amide bonds. The topological polar surface area (TPSA) is 61.1 Å². The number of rotatable bonds is 4. The fraction of sp³-hybridized carbons (Fsp3) is 0.273. The van der Waals surface area contributed by atoms with Crippen LogP contribution >= 0.6 is 11.8 Å². The van der Waals surface area contributed by atoms with Gasteiger partial charge in [-0.2, -0.15) is 5.26 Å². The van der Waals surface area contributed by atoms with Gasteiger partial charge < -0.3 is 5.11 Å². The van der Waals surface area contributed by atoms with Crippen molar-refractivity contribution in [3.63, 3.8) is 0 Å². The number of benzene rings is 1. The highest BCUT2D eigenvalue weighted by molar-refractivity contribution is 7.99. The van der Waals surface area contributed by atoms with Crippen LogP contribution in [0.4, 0.5) is 0 Å². The van der Waals surface area contributed by atoms with Crippen LogP contribution in [0.1, 0.15) is 18.1 Å². The van der Waals surface area contributed by atoms with Crippen LogP contribution in [0.3, 0.4) is 0 Å². The minimum atomic E-state index is -0.877. The Balaban J connectivity index is 3.01. The predicted octanol–water partition coefficient (Wildman–Crippen LogP) is 2.30. The van der Waals surface area contributed by atoms with Crippen LogP contribution in [0.15, 0.2) is 23.1 Å². The Morgan fingerprint density at radius 2 is 2.27 bits per heavy atom. The molecule has 0 saturated heterocycles. The summed E-state index contributed by atoms with van der Waals surface area (Å²) in [4.78, 5) is 11.5. The van der Waals surface area contributed by atoms with Gasteiger partial charge in [0, 0.05) is 4.90 Å². The summed E-state index contributed by atoms with van der Waals surface area (Å²) in [6.45, 7) is 2.01. The van der Waals surface area contributed by atoms with E-state index in [0.29, 0.717) is 11.1 Å². The van der Waals surface area contributed by atoms with Crippen molar-refractivity contribution in [1.29, 1.82) is 5.26 Å². The third kappa shape index (κ3) is 3.64. The van der Waals surface area contributed by atoms with Crippen molar-refractivity contribution in [2.24, 2.45) is 0 Å². The van der Waals surface area contributed by atoms with Gasteiger partial charge in [0.05, 0.1) is 18.1 Å². The first-order valence-corrected chi connectivity index (χ1v) is 5.53. The fourth-order valence-corrected chi connectivity index (χ4v) is 2.03. The van der Waals surface area contributed by atoms with E-state index in [1.807, 2.05) is 19.1 Å². The second kappa shape index (κ2) is 5.42. The van der Waals surface area contributed by atoms with E-state index in [9.17, 15) is 4.79 Å². The zero-order chi connectivity index (χ0) is 11.3. The van der Waals surface area contributed by atoms with Crippen LogP contribution in [0.5, 0.6) is 0 Å². The molecule has 0 fully saturated rings. The lowest BCUT2D eigenvalue weighted by Crippen LogP contribution is -2.00. The lowest BCUT2D eigenvalue weighted by Gasteiger charge is -2.03. The highest BCUT2D eigenvalue weighted by Crippen LogP contribution is 2.21. The van der Waals surface area contributed by atoms with Crippen LogP contribution in [0, 0.1) is 11.3 Å². The summed E-state index contributed by atoms with van der Waals surface area (Å²) in [5, 5.41) is 17.4. The van der Waals surface area contributed by atoms with E-state index in [4.69, 9.17) is 10.4 Å². The predicted molar refractivity (Wildman–Crippen MR) is 58.9 cm³/mol. The molecule has 15 heavy (non-hydrogen) atoms. The van der Waals surface area contributed by atoms with Gasteiger partial charge in [-0.25, -0.2) is 0 Å². The molecule has 1 aromatic rings. The van der Waals surface area contributed by atoms with Crippen molar-refractivity contribution in [2.45, 2.75) is 18.2 Å². The molecule has 4 heteroatoms. The third-order valence-electron chi connectivity index (χ3n) is 1.76. The first kappa shape index (κ1) is 11.6. The standard InChI is InChI=1S/C11H11NO2S/c1-2-15-10-4-8(6-11(13)14)3-9(5-10)7-12/h3-5H,2,6H2,1H3,(H,13,14). The van der Waals surface area contributed by atoms with E-state index in [1.165, 1.54) is 0 Å². The molecule has 1 aromatic carbocycles. The van der Waals surface area contributed by atoms with Gasteiger partial charge in [-0.05, 0) is 29.5 Å². The van der Waals surface area contributed by atoms with Crippen molar-refractivity contribution < 1.29 is 9.90 Å². The van der Waals surface area contributed by atoms with Crippen molar-refractivity contribution in [1.82, 2.24) is 0 Å². The smallest absolute Gasteiger partial charge is 0.307 e. The maximum atomic E-state index is 10.5. The van der Waals surface area contributed by atoms with E-state index in [-0.39, 0.29) is 6.42 Å². The summed E-state index contributed by atoms with van der Waals surface area (Å²) in [6, 6.07) is 7.25. The van der Waals surface area contributed by atoms with Crippen molar-refractivity contribution in [3.8, 4) is 6.07 Å². The average Bonchev–Trinajstić information content (AvgIpc) is 2.16. The van der Waals surface area contributed by atoms with Gasteiger partial charge in [-0.3, -0.25) is 4.79 Å². The Bertz CT molecular complexity index is 410. The molecule has 0 spiro atoms. The van der Waals surface area contributed by atoms with Gasteiger partial charge in [0.15, 0.2) is 0 Å². The largest absolute Gasteiger partial charge is 0.481 e. The molecule has 3 nitrogen and oxygen atoms in total. The van der Waals surface area contributed by atoms with Crippen LogP contribution in [0.2, 0.25) is 0 Å². The van der Waals surface area contributed by atoms with Gasteiger partial charge in [-0.1, -0.05) is 6.92 Å². The van der Waals surface area contributed by atoms with Crippen LogP contribution in [-0.2, 0) is 11.2 Å². The monoisotopic (exact) mass is 221 g/mol. The Morgan fingerprint density at radius 1 is 1.53 bits per heavy atom. The number of hydrogen-bond acceptors (Lipinski definition) is 3. The molecule has 0 unspecified atom stereocenters. The number of hydrogen-bond donors (Lipinski definition) is 1. The van der Waals surface area contributed by atoms with E-state index >= 15 is 0 Å². The number of carboxylic acid groups (broad SMARTS) is 1. The van der Waals surface area contributed by atoms with E-state index in [2.05, 4.69) is 0 Å². The van der Waals surface area contributed by atoms with Gasteiger partial charge in [0.25, 0.3) is 0 Å². The number of nitrogens with zero attached hydrogens (tertiary/aromatic N) is 1. The molecule has 1 rings (SSSR count). The van der Waals surface area contributed by atoms with Crippen LogP contribution in [0.25, 0.3) is 0 Å². The molecule has 1 N–H and O–H groups in total. The molecule has 0 aliphatic carbocycles. The second-order valence-electron chi connectivity index (χ2n) is 2.98. The summed E-state index contributed by atoms with van der Waals surface area (Å²) >= 11 is 1.60. The third-order valence-corrected chi connectivity index (χ3v) is 2.62. The van der Waals surface area contributed by atoms with Crippen molar-refractivity contribution in [2.75, 3.05) is 5.75 Å². The van der Waals surface area contributed by atoms with Crippen molar-refractivity contribution in [3.05, 3.63) is 29.3 Å². The van der Waals surface area contributed by atoms with E-state index in [1.54, 1.807) is 23.9 Å². The maximum absolute atomic E-state index is 10.5. The van der Waals surface area contributed by atoms with Crippen molar-refractivity contribution >= 4 is 17.7 Å². The first-order valence-electron chi connectivity index (χ1n) is 4.54. The number of carbonyl (C=O) groups is 1. The van der Waals surface area contributed by atoms with Gasteiger partial charge in [-0.15, -0.1) is 11.8 Å². The zero-order valence-corrected chi connectivity index (χ0v) is 9.17. The van der Waals surface area contributed by atoms with E-state index in [0.717, 1.165) is 10.6 Å². The quantitative estimate of drug-likeness (QED) is 0.792. The lowest BCUT2D eigenvalue weighted by molar-refractivity contribution is -0.136. The Kier molecular flexibility index (Phi) is 4.19. The minimum absolute atomic E-state index is 0.0349. The van der Waals surface area contributed by atoms with Gasteiger partial charge >= 0.3 is 5.97 Å². The molecular weight excluding hydrogens is 210 g/mol. The SMILES string of the molecule is CCSc1cc(C#N)cc(CC(=O)O)c1. The highest BCUT2D eigenvalue weighted by atomic mass is 32.2. The fourth-order valence-electron chi connectivity index (χ4n) is 1.25. The second-order valence-corrected chi connectivity index (χ2v) is 4.32. The molecule has 0 heterocycles. The van der Waals surface area contributed by atoms with E-state index < -0.39 is 5.97 Å². The Labute approximate surface area is 92.7 Å². The number of aliphatic carboxylic acids is 1. The van der Waals surface area contributed by atoms with Gasteiger partial charge in [0.1, 0.15) is 0 Å². The molecule has 0 bridgehead atoms. The highest BCUT2D eigenvalue weighted by Gasteiger charge is 2.04. The molecular formula is C11H11NO2S. The molecule has 78 valence electrons. The molecule has 0 aromatic heterocycles. The molecule has 0 aliphatic rings. The average molecular weight is 221 g/mol. The molecule has 0 atom stereocenters. The Hall–Kier alpha value is -1.47. The summed E-state index contributed by atoms with van der Waals surface area (Å²) < 4.78 is 0. The van der Waals surface area contributed by atoms with Crippen LogP contribution < -0.4 is 0 Å².